The Hall–Kier alpha value is -4.97. The van der Waals surface area contributed by atoms with Gasteiger partial charge in [-0.25, -0.2) is 0 Å². The van der Waals surface area contributed by atoms with Gasteiger partial charge in [0.05, 0.1) is 12.2 Å². The van der Waals surface area contributed by atoms with Gasteiger partial charge in [0.15, 0.2) is 0 Å². The number of benzene rings is 5. The molecule has 258 valence electrons. The Morgan fingerprint density at radius 2 is 1.39 bits per heavy atom. The van der Waals surface area contributed by atoms with Crippen molar-refractivity contribution in [3.05, 3.63) is 152 Å². The number of fused-ring (bicyclic) bond motifs is 3. The van der Waals surface area contributed by atoms with E-state index in [4.69, 9.17) is 0 Å². The van der Waals surface area contributed by atoms with Gasteiger partial charge in [-0.05, 0) is 72.0 Å². The normalized spacial score (nSPS) is 12.6. The summed E-state index contributed by atoms with van der Waals surface area (Å²) in [7, 11) is 0. The number of nitrogens with zero attached hydrogens (tertiary/aromatic N) is 6. The quantitative estimate of drug-likeness (QED) is 0.150. The number of anilines is 1. The molecule has 0 fully saturated rings. The zero-order chi connectivity index (χ0) is 34.8. The van der Waals surface area contributed by atoms with Crippen molar-refractivity contribution in [2.75, 3.05) is 5.01 Å². The van der Waals surface area contributed by atoms with E-state index in [0.29, 0.717) is 17.9 Å². The van der Waals surface area contributed by atoms with Crippen LogP contribution in [-0.2, 0) is 20.1 Å². The first-order valence-electron chi connectivity index (χ1n) is 17.4. The van der Waals surface area contributed by atoms with Crippen LogP contribution < -0.4 is 5.01 Å². The third-order valence-corrected chi connectivity index (χ3v) is 9.17. The van der Waals surface area contributed by atoms with Gasteiger partial charge in [0.25, 0.3) is 0 Å². The topological polar surface area (TPSA) is 41.6 Å². The van der Waals surface area contributed by atoms with Crippen molar-refractivity contribution >= 4 is 33.8 Å². The van der Waals surface area contributed by atoms with Crippen molar-refractivity contribution in [3.8, 4) is 22.8 Å². The average Bonchev–Trinajstić information content (AvgIpc) is 3.91. The van der Waals surface area contributed by atoms with Crippen LogP contribution in [0.4, 0.5) is 5.69 Å². The number of rotatable bonds is 7. The third-order valence-electron chi connectivity index (χ3n) is 9.17. The molecule has 5 aromatic carbocycles. The van der Waals surface area contributed by atoms with Crippen molar-refractivity contribution in [2.24, 2.45) is 5.10 Å². The van der Waals surface area contributed by atoms with Gasteiger partial charge >= 0.3 is 20.1 Å². The molecule has 0 saturated carbocycles. The van der Waals surface area contributed by atoms with Crippen LogP contribution in [0.2, 0.25) is 0 Å². The molecule has 0 atom stereocenters. The van der Waals surface area contributed by atoms with E-state index < -0.39 is 0 Å². The molecule has 7 heteroatoms. The van der Waals surface area contributed by atoms with E-state index in [1.54, 1.807) is 0 Å². The van der Waals surface area contributed by atoms with Crippen LogP contribution in [0, 0.1) is 18.8 Å². The van der Waals surface area contributed by atoms with Gasteiger partial charge in [0.2, 0.25) is 0 Å². The Labute approximate surface area is 315 Å². The fraction of sp³-hybridized carbons (Fsp3) is 0.205. The van der Waals surface area contributed by atoms with Gasteiger partial charge in [-0.1, -0.05) is 88.0 Å². The molecule has 2 aromatic heterocycles. The maximum atomic E-state index is 4.60. The number of para-hydroxylation sites is 3. The molecule has 51 heavy (non-hydrogen) atoms. The molecular weight excluding hydrogens is 805 g/mol. The summed E-state index contributed by atoms with van der Waals surface area (Å²) >= 11 is 0. The van der Waals surface area contributed by atoms with Crippen LogP contribution >= 0.6 is 0 Å². The Balaban J connectivity index is 0.000000175. The first-order valence-corrected chi connectivity index (χ1v) is 17.4. The molecule has 0 radical (unpaired) electrons. The van der Waals surface area contributed by atoms with Crippen LogP contribution in [0.5, 0.6) is 0 Å². The Kier molecular flexibility index (Phi) is 10.9. The van der Waals surface area contributed by atoms with Crippen LogP contribution in [0.15, 0.2) is 127 Å². The van der Waals surface area contributed by atoms with Gasteiger partial charge in [-0.3, -0.25) is 4.98 Å². The fourth-order valence-corrected chi connectivity index (χ4v) is 6.65. The van der Waals surface area contributed by atoms with Crippen molar-refractivity contribution < 1.29 is 20.1 Å². The van der Waals surface area contributed by atoms with Gasteiger partial charge in [-0.2, -0.15) is 23.3 Å². The smallest absolute Gasteiger partial charge is 0.489 e. The molecule has 1 aliphatic heterocycles. The molecule has 7 aromatic rings. The van der Waals surface area contributed by atoms with Gasteiger partial charge in [0.1, 0.15) is 0 Å². The molecule has 6 nitrogen and oxygen atoms in total. The first-order chi connectivity index (χ1) is 24.3. The van der Waals surface area contributed by atoms with Crippen LogP contribution in [0.1, 0.15) is 64.5 Å². The molecule has 0 saturated heterocycles. The van der Waals surface area contributed by atoms with E-state index in [1.165, 1.54) is 33.1 Å². The van der Waals surface area contributed by atoms with Gasteiger partial charge in [-0.15, -0.1) is 48.0 Å². The first kappa shape index (κ1) is 35.8. The summed E-state index contributed by atoms with van der Waals surface area (Å²) in [5, 5.41) is 8.95. The molecule has 8 rings (SSSR count). The van der Waals surface area contributed by atoms with Crippen LogP contribution in [0.3, 0.4) is 0 Å². The van der Waals surface area contributed by atoms with E-state index in [1.807, 2.05) is 54.5 Å². The third kappa shape index (κ3) is 7.01. The molecule has 0 unspecified atom stereocenters. The summed E-state index contributed by atoms with van der Waals surface area (Å²) in [5.41, 5.74) is 9.37. The van der Waals surface area contributed by atoms with E-state index in [9.17, 15) is 0 Å². The second kappa shape index (κ2) is 15.5. The summed E-state index contributed by atoms with van der Waals surface area (Å²) in [6, 6.07) is 44.8. The zero-order valence-electron chi connectivity index (χ0n) is 30.0. The van der Waals surface area contributed by atoms with E-state index in [2.05, 4.69) is 163 Å². The fourth-order valence-electron chi connectivity index (χ4n) is 6.65. The molecule has 0 aliphatic carbocycles. The number of imidazole rings is 1. The SMILES string of the molecule is CC(C)N1C=NN(c2[c-]ccc3c4ccccc4n(-c4ccccc4)c23)[CH-]1.CC(C)c1cccc(C(C)C)c1-n1ccnc1-c1[c-]cccc1.[Ir+3]. The molecule has 0 bridgehead atoms. The molecular formula is C44H43IrN6. The minimum absolute atomic E-state index is 0. The Bertz CT molecular complexity index is 2220. The van der Waals surface area contributed by atoms with E-state index in [-0.39, 0.29) is 20.1 Å². The standard InChI is InChI=1S/C23H20N4.C21H23N2.Ir/c1-17(2)25-15-24-26(16-25)22-14-8-12-20-19-11-6-7-13-21(19)27(23(20)22)18-9-4-3-5-10-18;1-15(2)18-11-8-12-19(16(3)4)20(18)23-14-13-22-21(23)17-9-6-5-7-10-17;/h3-13,15-17H,1-2H3;5-9,11-16H,1-4H3;/q-2;-1;+3. The predicted octanol–water partition coefficient (Wildman–Crippen LogP) is 10.8. The number of hydrogen-bond acceptors (Lipinski definition) is 4. The van der Waals surface area contributed by atoms with Crippen LogP contribution in [-0.4, -0.2) is 31.4 Å². The summed E-state index contributed by atoms with van der Waals surface area (Å²) in [6.07, 6.45) is 5.80. The summed E-state index contributed by atoms with van der Waals surface area (Å²) in [6.45, 7) is 15.3. The Morgan fingerprint density at radius 1 is 0.686 bits per heavy atom. The average molecular weight is 848 g/mol. The van der Waals surface area contributed by atoms with E-state index in [0.717, 1.165) is 28.3 Å². The van der Waals surface area contributed by atoms with E-state index >= 15 is 0 Å². The second-order valence-corrected chi connectivity index (χ2v) is 13.5. The number of hydrazone groups is 1. The largest absolute Gasteiger partial charge is 3.00 e. The molecule has 1 aliphatic rings. The van der Waals surface area contributed by atoms with Crippen LogP contribution in [0.25, 0.3) is 44.6 Å². The minimum atomic E-state index is 0. The number of aromatic nitrogens is 3. The second-order valence-electron chi connectivity index (χ2n) is 13.5. The Morgan fingerprint density at radius 3 is 2.06 bits per heavy atom. The minimum Gasteiger partial charge on any atom is -0.489 e. The summed E-state index contributed by atoms with van der Waals surface area (Å²) in [5.74, 6) is 1.86. The van der Waals surface area contributed by atoms with Crippen molar-refractivity contribution in [1.29, 1.82) is 0 Å². The van der Waals surface area contributed by atoms with Crippen molar-refractivity contribution in [1.82, 2.24) is 19.0 Å². The molecule has 0 N–H and O–H groups in total. The molecule has 3 heterocycles. The predicted molar refractivity (Wildman–Crippen MR) is 208 cm³/mol. The van der Waals surface area contributed by atoms with Gasteiger partial charge in [0, 0.05) is 29.3 Å². The molecule has 0 amide bonds. The maximum absolute atomic E-state index is 4.60. The summed E-state index contributed by atoms with van der Waals surface area (Å²) < 4.78 is 4.52. The molecule has 0 spiro atoms. The summed E-state index contributed by atoms with van der Waals surface area (Å²) in [4.78, 5) is 6.69. The zero-order valence-corrected chi connectivity index (χ0v) is 32.3. The van der Waals surface area contributed by atoms with Crippen molar-refractivity contribution in [3.63, 3.8) is 0 Å². The van der Waals surface area contributed by atoms with Gasteiger partial charge < -0.3 is 19.0 Å². The monoisotopic (exact) mass is 848 g/mol. The number of hydrogen-bond donors (Lipinski definition) is 0. The van der Waals surface area contributed by atoms with Crippen molar-refractivity contribution in [2.45, 2.75) is 59.4 Å². The maximum Gasteiger partial charge on any atom is 3.00 e.